The lowest BCUT2D eigenvalue weighted by molar-refractivity contribution is 0.415. The Morgan fingerprint density at radius 1 is 0.585 bits per heavy atom. The first-order valence-corrected chi connectivity index (χ1v) is 13.5. The van der Waals surface area contributed by atoms with Crippen LogP contribution < -0.4 is 4.74 Å². The van der Waals surface area contributed by atoms with Gasteiger partial charge in [-0.1, -0.05) is 78.9 Å². The normalized spacial score (nSPS) is 11.5. The summed E-state index contributed by atoms with van der Waals surface area (Å²) in [4.78, 5) is 14.9. The number of aromatic nitrogens is 3. The van der Waals surface area contributed by atoms with Crippen LogP contribution in [0.1, 0.15) is 0 Å². The van der Waals surface area contributed by atoms with E-state index in [0.717, 1.165) is 83.3 Å². The van der Waals surface area contributed by atoms with E-state index in [1.54, 1.807) is 13.3 Å². The SMILES string of the molecule is COc1ccc2oc3ccnc(-c4ccc(-c5ccc6ccc7ccc(-c8ccccc8)nc7c6n5)cc4)c3c2c1. The summed E-state index contributed by atoms with van der Waals surface area (Å²) in [5.41, 5.74) is 9.23. The van der Waals surface area contributed by atoms with E-state index in [0.29, 0.717) is 0 Å². The average molecular weight is 530 g/mol. The Morgan fingerprint density at radius 2 is 1.22 bits per heavy atom. The van der Waals surface area contributed by atoms with Gasteiger partial charge >= 0.3 is 0 Å². The highest BCUT2D eigenvalue weighted by Crippen LogP contribution is 2.37. The van der Waals surface area contributed by atoms with Gasteiger partial charge in [0.25, 0.3) is 0 Å². The van der Waals surface area contributed by atoms with Crippen LogP contribution in [0.2, 0.25) is 0 Å². The summed E-state index contributed by atoms with van der Waals surface area (Å²) in [6.07, 6.45) is 1.79. The molecular weight excluding hydrogens is 506 g/mol. The summed E-state index contributed by atoms with van der Waals surface area (Å²) >= 11 is 0. The first-order valence-electron chi connectivity index (χ1n) is 13.5. The van der Waals surface area contributed by atoms with Crippen LogP contribution in [0.15, 0.2) is 126 Å². The van der Waals surface area contributed by atoms with E-state index in [9.17, 15) is 0 Å². The maximum absolute atomic E-state index is 6.11. The minimum absolute atomic E-state index is 0.783. The summed E-state index contributed by atoms with van der Waals surface area (Å²) in [6.45, 7) is 0. The van der Waals surface area contributed by atoms with Crippen LogP contribution >= 0.6 is 0 Å². The molecule has 0 saturated heterocycles. The zero-order valence-corrected chi connectivity index (χ0v) is 22.2. The zero-order chi connectivity index (χ0) is 27.3. The molecule has 41 heavy (non-hydrogen) atoms. The lowest BCUT2D eigenvalue weighted by Gasteiger charge is -2.09. The molecular formula is C36H23N3O2. The summed E-state index contributed by atoms with van der Waals surface area (Å²) < 4.78 is 11.6. The van der Waals surface area contributed by atoms with Crippen LogP contribution in [0.5, 0.6) is 5.75 Å². The molecule has 0 unspecified atom stereocenters. The van der Waals surface area contributed by atoms with Crippen LogP contribution in [0.4, 0.5) is 0 Å². The Morgan fingerprint density at radius 3 is 1.90 bits per heavy atom. The van der Waals surface area contributed by atoms with Gasteiger partial charge in [-0.05, 0) is 36.4 Å². The molecule has 0 N–H and O–H groups in total. The quantitative estimate of drug-likeness (QED) is 0.213. The van der Waals surface area contributed by atoms with Gasteiger partial charge in [0, 0.05) is 39.0 Å². The second kappa shape index (κ2) is 9.28. The Balaban J connectivity index is 1.22. The number of hydrogen-bond acceptors (Lipinski definition) is 5. The molecule has 0 atom stereocenters. The Kier molecular flexibility index (Phi) is 5.28. The fraction of sp³-hybridized carbons (Fsp3) is 0.0278. The molecule has 0 aliphatic carbocycles. The van der Waals surface area contributed by atoms with Gasteiger partial charge in [-0.25, -0.2) is 9.97 Å². The highest BCUT2D eigenvalue weighted by atomic mass is 16.5. The van der Waals surface area contributed by atoms with Crippen LogP contribution in [0.3, 0.4) is 0 Å². The molecule has 0 amide bonds. The molecule has 4 heterocycles. The van der Waals surface area contributed by atoms with Gasteiger partial charge in [0.15, 0.2) is 0 Å². The average Bonchev–Trinajstić information content (AvgIpc) is 3.43. The molecule has 0 radical (unpaired) electrons. The van der Waals surface area contributed by atoms with E-state index in [1.807, 2.05) is 42.5 Å². The molecule has 0 spiro atoms. The van der Waals surface area contributed by atoms with E-state index in [2.05, 4.69) is 72.8 Å². The first-order chi connectivity index (χ1) is 20.2. The number of fused-ring (bicyclic) bond motifs is 6. The van der Waals surface area contributed by atoms with Gasteiger partial charge in [-0.2, -0.15) is 0 Å². The molecule has 4 aromatic carbocycles. The minimum atomic E-state index is 0.783. The van der Waals surface area contributed by atoms with Crippen molar-refractivity contribution >= 4 is 43.7 Å². The van der Waals surface area contributed by atoms with E-state index in [1.165, 1.54) is 0 Å². The summed E-state index contributed by atoms with van der Waals surface area (Å²) in [7, 11) is 1.67. The van der Waals surface area contributed by atoms with Gasteiger partial charge in [-0.15, -0.1) is 0 Å². The molecule has 8 aromatic rings. The van der Waals surface area contributed by atoms with Gasteiger partial charge in [-0.3, -0.25) is 4.98 Å². The predicted octanol–water partition coefficient (Wildman–Crippen LogP) is 9.09. The van der Waals surface area contributed by atoms with Crippen molar-refractivity contribution in [2.24, 2.45) is 0 Å². The molecule has 0 saturated carbocycles. The molecule has 0 aliphatic heterocycles. The Bertz CT molecular complexity index is 2240. The molecule has 0 aliphatic rings. The number of nitrogens with zero attached hydrogens (tertiary/aromatic N) is 3. The summed E-state index contributed by atoms with van der Waals surface area (Å²) in [5, 5.41) is 4.09. The first kappa shape index (κ1) is 23.3. The standard InChI is InChI=1S/C36H23N3O2/c1-40-27-15-18-31-28(21-27)33-32(41-31)19-20-37-34(33)24-9-7-23(8-10-24)30-17-14-26-12-11-25-13-16-29(22-5-3-2-4-6-22)38-35(25)36(26)39-30/h2-21H,1H3. The van der Waals surface area contributed by atoms with Crippen molar-refractivity contribution in [1.29, 1.82) is 0 Å². The second-order valence-electron chi connectivity index (χ2n) is 10.0. The zero-order valence-electron chi connectivity index (χ0n) is 22.2. The Hall–Kier alpha value is -5.55. The van der Waals surface area contributed by atoms with Gasteiger partial charge < -0.3 is 9.15 Å². The topological polar surface area (TPSA) is 61.0 Å². The number of methoxy groups -OCH3 is 1. The van der Waals surface area contributed by atoms with Gasteiger partial charge in [0.05, 0.1) is 40.6 Å². The second-order valence-corrected chi connectivity index (χ2v) is 10.0. The fourth-order valence-electron chi connectivity index (χ4n) is 5.54. The fourth-order valence-corrected chi connectivity index (χ4v) is 5.54. The number of rotatable bonds is 4. The third-order valence-corrected chi connectivity index (χ3v) is 7.63. The van der Waals surface area contributed by atoms with Crippen molar-refractivity contribution < 1.29 is 9.15 Å². The van der Waals surface area contributed by atoms with Crippen LogP contribution in [-0.2, 0) is 0 Å². The number of ether oxygens (including phenoxy) is 1. The summed E-state index contributed by atoms with van der Waals surface area (Å²) in [6, 6.07) is 39.0. The van der Waals surface area contributed by atoms with Crippen molar-refractivity contribution in [1.82, 2.24) is 15.0 Å². The van der Waals surface area contributed by atoms with E-state index >= 15 is 0 Å². The maximum atomic E-state index is 6.11. The number of hydrogen-bond donors (Lipinski definition) is 0. The maximum Gasteiger partial charge on any atom is 0.139 e. The van der Waals surface area contributed by atoms with Crippen LogP contribution in [0, 0.1) is 0 Å². The molecule has 5 heteroatoms. The van der Waals surface area contributed by atoms with Crippen molar-refractivity contribution in [3.63, 3.8) is 0 Å². The molecule has 8 rings (SSSR count). The molecule has 4 aromatic heterocycles. The van der Waals surface area contributed by atoms with Crippen molar-refractivity contribution in [3.05, 3.63) is 121 Å². The Labute approximate surface area is 235 Å². The van der Waals surface area contributed by atoms with E-state index in [-0.39, 0.29) is 0 Å². The monoisotopic (exact) mass is 529 g/mol. The highest BCUT2D eigenvalue weighted by molar-refractivity contribution is 6.11. The van der Waals surface area contributed by atoms with Crippen molar-refractivity contribution in [3.8, 4) is 39.5 Å². The van der Waals surface area contributed by atoms with Gasteiger partial charge in [0.1, 0.15) is 16.9 Å². The lowest BCUT2D eigenvalue weighted by atomic mass is 10.0. The highest BCUT2D eigenvalue weighted by Gasteiger charge is 2.15. The van der Waals surface area contributed by atoms with Crippen LogP contribution in [0.25, 0.3) is 77.5 Å². The molecule has 0 bridgehead atoms. The van der Waals surface area contributed by atoms with E-state index in [4.69, 9.17) is 24.1 Å². The smallest absolute Gasteiger partial charge is 0.139 e. The lowest BCUT2D eigenvalue weighted by Crippen LogP contribution is -1.91. The van der Waals surface area contributed by atoms with Gasteiger partial charge in [0.2, 0.25) is 0 Å². The van der Waals surface area contributed by atoms with E-state index < -0.39 is 0 Å². The molecule has 5 nitrogen and oxygen atoms in total. The molecule has 0 fully saturated rings. The van der Waals surface area contributed by atoms with Crippen molar-refractivity contribution in [2.75, 3.05) is 7.11 Å². The number of furan rings is 1. The number of benzene rings is 4. The largest absolute Gasteiger partial charge is 0.497 e. The molecule has 194 valence electrons. The van der Waals surface area contributed by atoms with Crippen LogP contribution in [-0.4, -0.2) is 22.1 Å². The number of pyridine rings is 3. The third kappa shape index (κ3) is 3.90. The third-order valence-electron chi connectivity index (χ3n) is 7.63. The minimum Gasteiger partial charge on any atom is -0.497 e. The van der Waals surface area contributed by atoms with Crippen molar-refractivity contribution in [2.45, 2.75) is 0 Å². The predicted molar refractivity (Wildman–Crippen MR) is 165 cm³/mol. The summed E-state index contributed by atoms with van der Waals surface area (Å²) in [5.74, 6) is 0.783.